The van der Waals surface area contributed by atoms with E-state index in [9.17, 15) is 9.18 Å². The van der Waals surface area contributed by atoms with Gasteiger partial charge in [-0.05, 0) is 30.2 Å². The number of nitrogens with zero attached hydrogens (tertiary/aromatic N) is 1. The Hall–Kier alpha value is -1.88. The molecule has 0 bridgehead atoms. The van der Waals surface area contributed by atoms with E-state index in [4.69, 9.17) is 10.5 Å². The van der Waals surface area contributed by atoms with Crippen LogP contribution in [0.3, 0.4) is 0 Å². The third kappa shape index (κ3) is 3.12. The molecule has 2 rings (SSSR count). The maximum atomic E-state index is 13.2. The van der Waals surface area contributed by atoms with E-state index in [1.54, 1.807) is 12.0 Å². The number of nitrogens with two attached hydrogens (primary N) is 1. The monoisotopic (exact) mass is 264 g/mol. The first-order chi connectivity index (χ1) is 9.11. The minimum absolute atomic E-state index is 0.226. The van der Waals surface area contributed by atoms with Gasteiger partial charge in [-0.1, -0.05) is 6.08 Å². The van der Waals surface area contributed by atoms with Crippen molar-refractivity contribution in [2.24, 2.45) is 0 Å². The molecule has 0 aliphatic carbocycles. The maximum absolute atomic E-state index is 13.2. The fraction of sp³-hybridized carbons (Fsp3) is 0.357. The number of ether oxygens (including phenoxy) is 1. The highest BCUT2D eigenvalue weighted by molar-refractivity contribution is 5.99. The van der Waals surface area contributed by atoms with Crippen LogP contribution in [0.4, 0.5) is 10.1 Å². The Bertz CT molecular complexity index is 514. The van der Waals surface area contributed by atoms with Crippen molar-refractivity contribution in [1.82, 2.24) is 4.90 Å². The molecule has 1 amide bonds. The van der Waals surface area contributed by atoms with Gasteiger partial charge in [0.25, 0.3) is 5.91 Å². The fourth-order valence-electron chi connectivity index (χ4n) is 2.10. The van der Waals surface area contributed by atoms with Gasteiger partial charge >= 0.3 is 0 Å². The number of carbonyl (C=O) groups excluding carboxylic acids is 1. The number of hydrogen-bond donors (Lipinski definition) is 1. The van der Waals surface area contributed by atoms with Crippen molar-refractivity contribution in [3.05, 3.63) is 41.2 Å². The van der Waals surface area contributed by atoms with Gasteiger partial charge in [-0.3, -0.25) is 4.79 Å². The van der Waals surface area contributed by atoms with E-state index in [0.717, 1.165) is 6.42 Å². The first-order valence-corrected chi connectivity index (χ1v) is 6.13. The molecule has 0 saturated carbocycles. The molecule has 0 aromatic heterocycles. The van der Waals surface area contributed by atoms with E-state index >= 15 is 0 Å². The summed E-state index contributed by atoms with van der Waals surface area (Å²) >= 11 is 0. The van der Waals surface area contributed by atoms with Gasteiger partial charge in [0.15, 0.2) is 0 Å². The quantitative estimate of drug-likeness (QED) is 0.669. The van der Waals surface area contributed by atoms with Gasteiger partial charge in [0.1, 0.15) is 5.82 Å². The number of carbonyl (C=O) groups is 1. The second-order valence-corrected chi connectivity index (χ2v) is 4.53. The van der Waals surface area contributed by atoms with Gasteiger partial charge in [0.2, 0.25) is 0 Å². The number of amides is 1. The van der Waals surface area contributed by atoms with Crippen molar-refractivity contribution >= 4 is 11.6 Å². The molecule has 5 heteroatoms. The molecule has 0 fully saturated rings. The van der Waals surface area contributed by atoms with Crippen LogP contribution < -0.4 is 5.73 Å². The Morgan fingerprint density at radius 2 is 2.32 bits per heavy atom. The summed E-state index contributed by atoms with van der Waals surface area (Å²) in [5, 5.41) is 0. The number of methoxy groups -OCH3 is 1. The second kappa shape index (κ2) is 5.84. The zero-order chi connectivity index (χ0) is 13.8. The van der Waals surface area contributed by atoms with Crippen LogP contribution in [0.5, 0.6) is 0 Å². The Morgan fingerprint density at radius 1 is 1.53 bits per heavy atom. The van der Waals surface area contributed by atoms with Crippen LogP contribution in [0, 0.1) is 5.82 Å². The van der Waals surface area contributed by atoms with Gasteiger partial charge in [0.05, 0.1) is 12.2 Å². The Kier molecular flexibility index (Phi) is 4.16. The molecule has 1 aliphatic heterocycles. The van der Waals surface area contributed by atoms with Crippen molar-refractivity contribution in [3.8, 4) is 0 Å². The van der Waals surface area contributed by atoms with Gasteiger partial charge in [0, 0.05) is 25.9 Å². The average molecular weight is 264 g/mol. The van der Waals surface area contributed by atoms with Crippen molar-refractivity contribution in [1.29, 1.82) is 0 Å². The largest absolute Gasteiger partial charge is 0.398 e. The Morgan fingerprint density at radius 3 is 2.95 bits per heavy atom. The molecule has 1 aromatic carbocycles. The van der Waals surface area contributed by atoms with E-state index in [0.29, 0.717) is 25.4 Å². The van der Waals surface area contributed by atoms with Gasteiger partial charge in [-0.25, -0.2) is 4.39 Å². The molecule has 102 valence electrons. The topological polar surface area (TPSA) is 55.6 Å². The summed E-state index contributed by atoms with van der Waals surface area (Å²) in [6, 6.07) is 3.85. The highest BCUT2D eigenvalue weighted by Gasteiger charge is 2.20. The lowest BCUT2D eigenvalue weighted by Gasteiger charge is -2.26. The normalized spacial score (nSPS) is 15.3. The molecule has 1 aliphatic rings. The number of rotatable bonds is 3. The number of halogens is 1. The van der Waals surface area contributed by atoms with E-state index in [1.165, 1.54) is 23.8 Å². The van der Waals surface area contributed by atoms with Gasteiger partial charge in [-0.2, -0.15) is 0 Å². The van der Waals surface area contributed by atoms with E-state index in [2.05, 4.69) is 0 Å². The van der Waals surface area contributed by atoms with Crippen LogP contribution in [0.15, 0.2) is 29.8 Å². The van der Waals surface area contributed by atoms with Gasteiger partial charge < -0.3 is 15.4 Å². The lowest BCUT2D eigenvalue weighted by Crippen LogP contribution is -2.35. The molecule has 2 N–H and O–H groups in total. The molecule has 0 radical (unpaired) electrons. The summed E-state index contributed by atoms with van der Waals surface area (Å²) < 4.78 is 18.2. The second-order valence-electron chi connectivity index (χ2n) is 4.53. The lowest BCUT2D eigenvalue weighted by molar-refractivity contribution is 0.0765. The molecular formula is C14H17FN2O2. The third-order valence-corrected chi connectivity index (χ3v) is 3.17. The lowest BCUT2D eigenvalue weighted by atomic mass is 10.1. The summed E-state index contributed by atoms with van der Waals surface area (Å²) in [5.74, 6) is -0.685. The third-order valence-electron chi connectivity index (χ3n) is 3.17. The van der Waals surface area contributed by atoms with Gasteiger partial charge in [-0.15, -0.1) is 0 Å². The summed E-state index contributed by atoms with van der Waals surface area (Å²) in [6.07, 6.45) is 2.75. The zero-order valence-electron chi connectivity index (χ0n) is 10.9. The first-order valence-electron chi connectivity index (χ1n) is 6.13. The summed E-state index contributed by atoms with van der Waals surface area (Å²) in [5.41, 5.74) is 7.43. The minimum atomic E-state index is -0.454. The van der Waals surface area contributed by atoms with Crippen molar-refractivity contribution in [2.45, 2.75) is 6.42 Å². The van der Waals surface area contributed by atoms with Crippen molar-refractivity contribution in [2.75, 3.05) is 32.5 Å². The highest BCUT2D eigenvalue weighted by Crippen LogP contribution is 2.19. The molecular weight excluding hydrogens is 247 g/mol. The smallest absolute Gasteiger partial charge is 0.256 e. The molecule has 0 spiro atoms. The molecule has 4 nitrogen and oxygen atoms in total. The molecule has 19 heavy (non-hydrogen) atoms. The van der Waals surface area contributed by atoms with Crippen molar-refractivity contribution < 1.29 is 13.9 Å². The molecule has 0 saturated heterocycles. The predicted molar refractivity (Wildman–Crippen MR) is 71.3 cm³/mol. The van der Waals surface area contributed by atoms with E-state index < -0.39 is 5.82 Å². The average Bonchev–Trinajstić information content (AvgIpc) is 2.42. The molecule has 1 heterocycles. The van der Waals surface area contributed by atoms with Crippen LogP contribution in [0.2, 0.25) is 0 Å². The minimum Gasteiger partial charge on any atom is -0.398 e. The van der Waals surface area contributed by atoms with Crippen LogP contribution >= 0.6 is 0 Å². The SMILES string of the molecule is COCC1=CCN(C(=O)c2cc(F)ccc2N)CC1. The number of benzene rings is 1. The van der Waals surface area contributed by atoms with Crippen molar-refractivity contribution in [3.63, 3.8) is 0 Å². The van der Waals surface area contributed by atoms with Crippen LogP contribution in [0.1, 0.15) is 16.8 Å². The number of anilines is 1. The molecule has 0 atom stereocenters. The first kappa shape index (κ1) is 13.5. The van der Waals surface area contributed by atoms with E-state index in [-0.39, 0.29) is 11.5 Å². The standard InChI is InChI=1S/C14H17FN2O2/c1-19-9-10-4-6-17(7-5-10)14(18)12-8-11(15)2-3-13(12)16/h2-4,8H,5-7,9,16H2,1H3. The Balaban J connectivity index is 2.11. The summed E-state index contributed by atoms with van der Waals surface area (Å²) in [7, 11) is 1.64. The highest BCUT2D eigenvalue weighted by atomic mass is 19.1. The summed E-state index contributed by atoms with van der Waals surface area (Å²) in [6.45, 7) is 1.70. The number of hydrogen-bond acceptors (Lipinski definition) is 3. The van der Waals surface area contributed by atoms with E-state index in [1.807, 2.05) is 6.08 Å². The Labute approximate surface area is 111 Å². The zero-order valence-corrected chi connectivity index (χ0v) is 10.9. The predicted octanol–water partition coefficient (Wildman–Crippen LogP) is 1.83. The van der Waals surface area contributed by atoms with Crippen LogP contribution in [-0.2, 0) is 4.74 Å². The summed E-state index contributed by atoms with van der Waals surface area (Å²) in [4.78, 5) is 13.9. The van der Waals surface area contributed by atoms with Crippen LogP contribution in [-0.4, -0.2) is 37.6 Å². The fourth-order valence-corrected chi connectivity index (χ4v) is 2.10. The maximum Gasteiger partial charge on any atom is 0.256 e. The molecule has 0 unspecified atom stereocenters. The molecule has 1 aromatic rings. The van der Waals surface area contributed by atoms with Crippen LogP contribution in [0.25, 0.3) is 0 Å². The number of nitrogen functional groups attached to an aromatic ring is 1.